The second-order valence-corrected chi connectivity index (χ2v) is 15.3. The van der Waals surface area contributed by atoms with Gasteiger partial charge in [-0.15, -0.1) is 0 Å². The van der Waals surface area contributed by atoms with Gasteiger partial charge in [-0.25, -0.2) is 0 Å². The number of rotatable bonds is 8. The number of methoxy groups -OCH3 is 2. The van der Waals surface area contributed by atoms with Crippen LogP contribution in [-0.2, 0) is 22.3 Å². The molecule has 2 N–H and O–H groups in total. The highest BCUT2D eigenvalue weighted by Gasteiger charge is 2.28. The maximum absolute atomic E-state index is 12.8. The van der Waals surface area contributed by atoms with Crippen molar-refractivity contribution in [3.63, 3.8) is 0 Å². The predicted octanol–water partition coefficient (Wildman–Crippen LogP) is 11.7. The topological polar surface area (TPSA) is 84.2 Å². The van der Waals surface area contributed by atoms with Gasteiger partial charge in [-0.1, -0.05) is 57.9 Å². The normalized spacial score (nSPS) is 20.0. The summed E-state index contributed by atoms with van der Waals surface area (Å²) in [4.78, 5) is 32.1. The Morgan fingerprint density at radius 1 is 0.700 bits per heavy atom. The van der Waals surface area contributed by atoms with Crippen LogP contribution < -0.4 is 0 Å². The maximum atomic E-state index is 12.8. The van der Waals surface area contributed by atoms with Crippen molar-refractivity contribution in [2.75, 3.05) is 14.2 Å². The minimum atomic E-state index is 0. The number of fused-ring (bicyclic) bond motifs is 2. The zero-order valence-corrected chi connectivity index (χ0v) is 33.4. The fraction of sp³-hybridized carbons (Fsp3) is 0.475. The first-order chi connectivity index (χ1) is 23.6. The Morgan fingerprint density at radius 3 is 1.34 bits per heavy atom. The molecule has 0 atom stereocenters. The Hall–Kier alpha value is -2.22. The van der Waals surface area contributed by atoms with Gasteiger partial charge in [0.2, 0.25) is 0 Å². The third-order valence-corrected chi connectivity index (χ3v) is 10.7. The number of aryl methyl sites for hydroxylation is 2. The molecule has 0 saturated heterocycles. The number of pyridine rings is 2. The summed E-state index contributed by atoms with van der Waals surface area (Å²) in [7, 11) is 3.51. The van der Waals surface area contributed by atoms with Crippen molar-refractivity contribution in [1.82, 2.24) is 9.97 Å². The van der Waals surface area contributed by atoms with Crippen molar-refractivity contribution in [2.24, 2.45) is 11.8 Å². The molecule has 0 spiro atoms. The number of hydrogen-bond acceptors (Lipinski definition) is 7. The van der Waals surface area contributed by atoms with Gasteiger partial charge in [-0.3, -0.25) is 9.59 Å². The number of carbonyl (C=O) groups excluding carboxylic acids is 2. The molecule has 2 aromatic carbocycles. The fourth-order valence-corrected chi connectivity index (χ4v) is 7.55. The molecular weight excluding hydrogens is 796 g/mol. The van der Waals surface area contributed by atoms with Crippen molar-refractivity contribution >= 4 is 96.0 Å². The summed E-state index contributed by atoms with van der Waals surface area (Å²) in [5.74, 6) is 0.794. The molecule has 270 valence electrons. The van der Waals surface area contributed by atoms with E-state index >= 15 is 0 Å². The van der Waals surface area contributed by atoms with Gasteiger partial charge in [0, 0.05) is 51.6 Å². The lowest BCUT2D eigenvalue weighted by atomic mass is 9.82. The van der Waals surface area contributed by atoms with E-state index in [9.17, 15) is 9.59 Å². The Kier molecular flexibility index (Phi) is 17.5. The van der Waals surface area contributed by atoms with Crippen LogP contribution in [0.25, 0.3) is 21.8 Å². The number of carbonyl (C=O) groups is 2. The smallest absolute Gasteiger partial charge is 0.165 e. The van der Waals surface area contributed by atoms with Crippen LogP contribution in [0.3, 0.4) is 0 Å². The predicted molar refractivity (Wildman–Crippen MR) is 226 cm³/mol. The minimum Gasteiger partial charge on any atom is -0.381 e. The molecule has 6 rings (SSSR count). The number of Topliss-reactive ketones (excluding diaryl/α,β-unsaturated/α-hetero) is 2. The second kappa shape index (κ2) is 20.7. The van der Waals surface area contributed by atoms with E-state index in [1.165, 1.54) is 0 Å². The Balaban J connectivity index is 0.000000246. The molecule has 50 heavy (non-hydrogen) atoms. The van der Waals surface area contributed by atoms with Crippen LogP contribution in [0, 0.1) is 21.1 Å². The van der Waals surface area contributed by atoms with Gasteiger partial charge in [-0.05, 0) is 157 Å². The maximum Gasteiger partial charge on any atom is 0.165 e. The van der Waals surface area contributed by atoms with Crippen molar-refractivity contribution in [2.45, 2.75) is 97.7 Å². The Labute approximate surface area is 326 Å². The average Bonchev–Trinajstić information content (AvgIpc) is 3.14. The second-order valence-electron chi connectivity index (χ2n) is 12.8. The van der Waals surface area contributed by atoms with Gasteiger partial charge in [0.05, 0.1) is 12.2 Å². The molecule has 10 heteroatoms. The van der Waals surface area contributed by atoms with Gasteiger partial charge < -0.3 is 19.4 Å². The fourth-order valence-electron chi connectivity index (χ4n) is 6.93. The van der Waals surface area contributed by atoms with E-state index in [0.717, 1.165) is 118 Å². The quantitative estimate of drug-likeness (QED) is 0.0791. The lowest BCUT2D eigenvalue weighted by molar-refractivity contribution is 0.0515. The monoisotopic (exact) mass is 846 g/mol. The number of ether oxygens (including phenoxy) is 2. The largest absolute Gasteiger partial charge is 0.381 e. The van der Waals surface area contributed by atoms with Crippen molar-refractivity contribution in [3.8, 4) is 0 Å². The number of hydrogen-bond donors (Lipinski definition) is 2. The third-order valence-electron chi connectivity index (χ3n) is 9.93. The molecule has 0 radical (unpaired) electrons. The first-order valence-electron chi connectivity index (χ1n) is 17.2. The van der Waals surface area contributed by atoms with Gasteiger partial charge in [0.15, 0.2) is 11.6 Å². The molecule has 6 nitrogen and oxygen atoms in total. The van der Waals surface area contributed by atoms with E-state index < -0.39 is 0 Å². The molecule has 2 aliphatic carbocycles. The number of H-pyrrole nitrogens is 2. The summed E-state index contributed by atoms with van der Waals surface area (Å²) in [5, 5.41) is 2.12. The van der Waals surface area contributed by atoms with Crippen molar-refractivity contribution < 1.29 is 19.1 Å². The number of thiocarbonyl (C=S) groups is 1. The van der Waals surface area contributed by atoms with Gasteiger partial charge in [0.1, 0.15) is 9.28 Å². The number of aromatic nitrogens is 2. The van der Waals surface area contributed by atoms with Crippen LogP contribution in [0.4, 0.5) is 0 Å². The first kappa shape index (κ1) is 42.2. The molecule has 2 saturated carbocycles. The SMILES string of the molecule is C.CCc1cc2cc(C(=O)C3CCC(OC)CC3)ccc2[nH]c1=S.CCc1cc2cc(C(=O)C3CCC(OC)CC3)ccc2[nH]c1=S.S=CI. The molecule has 2 aromatic heterocycles. The summed E-state index contributed by atoms with van der Waals surface area (Å²) >= 11 is 16.9. The van der Waals surface area contributed by atoms with E-state index in [1.54, 1.807) is 17.6 Å². The number of aromatic amines is 2. The molecule has 4 aromatic rings. The van der Waals surface area contributed by atoms with Crippen LogP contribution in [-0.4, -0.2) is 51.3 Å². The molecule has 0 amide bonds. The van der Waals surface area contributed by atoms with Gasteiger partial charge in [0.25, 0.3) is 0 Å². The van der Waals surface area contributed by atoms with E-state index in [0.29, 0.717) is 12.2 Å². The Bertz CT molecular complexity index is 1740. The van der Waals surface area contributed by atoms with E-state index in [4.69, 9.17) is 33.9 Å². The summed E-state index contributed by atoms with van der Waals surface area (Å²) in [5.41, 5.74) is 5.85. The summed E-state index contributed by atoms with van der Waals surface area (Å²) in [6.07, 6.45) is 10.0. The van der Waals surface area contributed by atoms with Crippen LogP contribution in [0.15, 0.2) is 48.5 Å². The minimum absolute atomic E-state index is 0. The number of ketones is 2. The van der Waals surface area contributed by atoms with Gasteiger partial charge in [-0.2, -0.15) is 0 Å². The molecule has 0 bridgehead atoms. The van der Waals surface area contributed by atoms with E-state index in [2.05, 4.69) is 48.2 Å². The highest BCUT2D eigenvalue weighted by atomic mass is 127. The molecule has 2 fully saturated rings. The first-order valence-corrected chi connectivity index (χ1v) is 19.7. The summed E-state index contributed by atoms with van der Waals surface area (Å²) in [6.45, 7) is 4.18. The average molecular weight is 847 g/mol. The molecule has 2 aliphatic rings. The number of benzene rings is 2. The van der Waals surface area contributed by atoms with Gasteiger partial charge >= 0.3 is 0 Å². The Morgan fingerprint density at radius 2 is 1.04 bits per heavy atom. The molecule has 0 unspecified atom stereocenters. The van der Waals surface area contributed by atoms with Crippen molar-refractivity contribution in [1.29, 1.82) is 0 Å². The summed E-state index contributed by atoms with van der Waals surface area (Å²) in [6, 6.07) is 16.0. The molecule has 0 aliphatic heterocycles. The third kappa shape index (κ3) is 10.9. The van der Waals surface area contributed by atoms with Crippen LogP contribution in [0.5, 0.6) is 0 Å². The van der Waals surface area contributed by atoms with E-state index in [-0.39, 0.29) is 30.8 Å². The highest BCUT2D eigenvalue weighted by Crippen LogP contribution is 2.31. The summed E-state index contributed by atoms with van der Waals surface area (Å²) < 4.78 is 13.9. The van der Waals surface area contributed by atoms with Crippen LogP contribution in [0.1, 0.15) is 104 Å². The number of nitrogens with one attached hydrogen (secondary N) is 2. The zero-order chi connectivity index (χ0) is 35.5. The lowest BCUT2D eigenvalue weighted by Crippen LogP contribution is -2.25. The lowest BCUT2D eigenvalue weighted by Gasteiger charge is -2.26. The molecule has 2 heterocycles. The zero-order valence-electron chi connectivity index (χ0n) is 28.8. The van der Waals surface area contributed by atoms with Crippen LogP contribution >= 0.6 is 59.2 Å². The van der Waals surface area contributed by atoms with Crippen LogP contribution in [0.2, 0.25) is 0 Å². The highest BCUT2D eigenvalue weighted by molar-refractivity contribution is 14.1. The standard InChI is InChI=1S/2C19H23NO2S.CHIS.CH4/c2*1-3-12-10-15-11-14(6-9-17(15)20-19(12)23)18(21)13-4-7-16(22-2)8-5-13;2-1-3;/h2*6,9-11,13,16H,3-5,7-8H2,1-2H3,(H,20,23);1H;1H4. The van der Waals surface area contributed by atoms with E-state index in [1.807, 2.05) is 59.0 Å². The van der Waals surface area contributed by atoms with Crippen molar-refractivity contribution in [3.05, 3.63) is 80.1 Å². The number of halogens is 1. The molecular formula is C40H51IN2O4S3.